The van der Waals surface area contributed by atoms with Crippen LogP contribution in [0.15, 0.2) is 33.8 Å². The first kappa shape index (κ1) is 16.3. The average molecular weight is 322 g/mol. The van der Waals surface area contributed by atoms with Gasteiger partial charge in [-0.15, -0.1) is 0 Å². The molecule has 7 heteroatoms. The third-order valence-electron chi connectivity index (χ3n) is 3.26. The molecule has 0 fully saturated rings. The Morgan fingerprint density at radius 3 is 2.59 bits per heavy atom. The van der Waals surface area contributed by atoms with Crippen molar-refractivity contribution in [3.63, 3.8) is 0 Å². The molecule has 1 heterocycles. The first-order valence-corrected chi connectivity index (χ1v) is 7.65. The van der Waals surface area contributed by atoms with Crippen LogP contribution in [-0.4, -0.2) is 40.6 Å². The minimum Gasteiger partial charge on any atom is -0.370 e. The predicted octanol–water partition coefficient (Wildman–Crippen LogP) is 2.59. The van der Waals surface area contributed by atoms with Crippen LogP contribution in [0.25, 0.3) is 11.4 Å². The predicted molar refractivity (Wildman–Crippen MR) is 87.9 cm³/mol. The van der Waals surface area contributed by atoms with Gasteiger partial charge in [-0.2, -0.15) is 4.98 Å². The van der Waals surface area contributed by atoms with Gasteiger partial charge in [0.25, 0.3) is 0 Å². The summed E-state index contributed by atoms with van der Waals surface area (Å²) in [6.45, 7) is 6.29. The number of benzene rings is 1. The summed E-state index contributed by atoms with van der Waals surface area (Å²) < 4.78 is 5.23. The fourth-order valence-electron chi connectivity index (χ4n) is 1.99. The summed E-state index contributed by atoms with van der Waals surface area (Å²) in [5, 5.41) is 4.64. The van der Waals surface area contributed by atoms with Crippen molar-refractivity contribution in [3.8, 4) is 11.4 Å². The molecule has 0 radical (unpaired) electrons. The molecule has 1 aromatic heterocycles. The fraction of sp³-hybridized carbons (Fsp3) is 0.400. The maximum absolute atomic E-state index is 5.91. The second-order valence-corrected chi connectivity index (χ2v) is 5.12. The lowest BCUT2D eigenvalue weighted by molar-refractivity contribution is 0.380. The first-order valence-electron chi connectivity index (χ1n) is 7.27. The zero-order chi connectivity index (χ0) is 15.9. The van der Waals surface area contributed by atoms with E-state index in [-0.39, 0.29) is 0 Å². The van der Waals surface area contributed by atoms with Crippen LogP contribution in [0.2, 0.25) is 5.02 Å². The van der Waals surface area contributed by atoms with Crippen LogP contribution in [0.1, 0.15) is 19.7 Å². The molecule has 0 amide bonds. The molecule has 0 aliphatic heterocycles. The van der Waals surface area contributed by atoms with Gasteiger partial charge in [0.1, 0.15) is 0 Å². The van der Waals surface area contributed by atoms with Crippen molar-refractivity contribution < 1.29 is 4.52 Å². The maximum Gasteiger partial charge on any atom is 0.228 e. The van der Waals surface area contributed by atoms with E-state index in [1.807, 2.05) is 30.9 Å². The van der Waals surface area contributed by atoms with Gasteiger partial charge < -0.3 is 15.2 Å². The van der Waals surface area contributed by atoms with Gasteiger partial charge in [-0.05, 0) is 38.1 Å². The molecule has 2 aromatic rings. The smallest absolute Gasteiger partial charge is 0.228 e. The molecular formula is C15H20ClN5O. The Labute approximate surface area is 135 Å². The lowest BCUT2D eigenvalue weighted by Gasteiger charge is -2.19. The van der Waals surface area contributed by atoms with E-state index in [0.29, 0.717) is 35.7 Å². The highest BCUT2D eigenvalue weighted by atomic mass is 35.5. The van der Waals surface area contributed by atoms with Crippen molar-refractivity contribution in [3.05, 3.63) is 35.2 Å². The number of guanidine groups is 1. The van der Waals surface area contributed by atoms with E-state index < -0.39 is 0 Å². The number of halogens is 1. The van der Waals surface area contributed by atoms with Crippen molar-refractivity contribution in [2.24, 2.45) is 10.7 Å². The highest BCUT2D eigenvalue weighted by molar-refractivity contribution is 6.30. The van der Waals surface area contributed by atoms with E-state index in [2.05, 4.69) is 15.1 Å². The lowest BCUT2D eigenvalue weighted by Crippen LogP contribution is -2.37. The Morgan fingerprint density at radius 2 is 1.95 bits per heavy atom. The Hall–Kier alpha value is -2.08. The monoisotopic (exact) mass is 321 g/mol. The molecule has 2 N–H and O–H groups in total. The first-order chi connectivity index (χ1) is 10.6. The molecule has 6 nitrogen and oxygen atoms in total. The van der Waals surface area contributed by atoms with Crippen LogP contribution in [0.5, 0.6) is 0 Å². The molecule has 0 saturated carbocycles. The fourth-order valence-corrected chi connectivity index (χ4v) is 2.11. The zero-order valence-electron chi connectivity index (χ0n) is 12.8. The minimum absolute atomic E-state index is 0.518. The topological polar surface area (TPSA) is 80.5 Å². The second kappa shape index (κ2) is 7.79. The SMILES string of the molecule is CCN(CC)C(N)=NCCc1nc(-c2ccc(Cl)cc2)no1. The highest BCUT2D eigenvalue weighted by Crippen LogP contribution is 2.18. The normalized spacial score (nSPS) is 11.7. The number of nitrogens with two attached hydrogens (primary N) is 1. The standard InChI is InChI=1S/C15H20ClN5O/c1-3-21(4-2)15(17)18-10-9-13-19-14(20-22-13)11-5-7-12(16)8-6-11/h5-8H,3-4,9-10H2,1-2H3,(H2,17,18). The van der Waals surface area contributed by atoms with Crippen LogP contribution in [0.4, 0.5) is 0 Å². The number of hydrogen-bond donors (Lipinski definition) is 1. The van der Waals surface area contributed by atoms with Gasteiger partial charge >= 0.3 is 0 Å². The zero-order valence-corrected chi connectivity index (χ0v) is 13.5. The van der Waals surface area contributed by atoms with E-state index in [1.165, 1.54) is 0 Å². The molecule has 0 bridgehead atoms. The Balaban J connectivity index is 1.95. The number of rotatable bonds is 6. The molecule has 1 aromatic carbocycles. The number of hydrogen-bond acceptors (Lipinski definition) is 4. The molecule has 0 saturated heterocycles. The molecule has 2 rings (SSSR count). The quantitative estimate of drug-likeness (QED) is 0.653. The molecule has 22 heavy (non-hydrogen) atoms. The molecule has 0 atom stereocenters. The Morgan fingerprint density at radius 1 is 1.27 bits per heavy atom. The van der Waals surface area contributed by atoms with Crippen molar-refractivity contribution >= 4 is 17.6 Å². The van der Waals surface area contributed by atoms with Crippen molar-refractivity contribution in [2.45, 2.75) is 20.3 Å². The van der Waals surface area contributed by atoms with E-state index in [4.69, 9.17) is 21.9 Å². The largest absolute Gasteiger partial charge is 0.370 e. The maximum atomic E-state index is 5.91. The molecule has 0 spiro atoms. The average Bonchev–Trinajstić information content (AvgIpc) is 2.98. The number of nitrogens with zero attached hydrogens (tertiary/aromatic N) is 4. The molecule has 118 valence electrons. The summed E-state index contributed by atoms with van der Waals surface area (Å²) in [5.74, 6) is 1.64. The second-order valence-electron chi connectivity index (χ2n) is 4.68. The summed E-state index contributed by atoms with van der Waals surface area (Å²) in [7, 11) is 0. The highest BCUT2D eigenvalue weighted by Gasteiger charge is 2.08. The van der Waals surface area contributed by atoms with Crippen molar-refractivity contribution in [1.29, 1.82) is 0 Å². The summed E-state index contributed by atoms with van der Waals surface area (Å²) in [4.78, 5) is 10.7. The van der Waals surface area contributed by atoms with E-state index >= 15 is 0 Å². The molecular weight excluding hydrogens is 302 g/mol. The third-order valence-corrected chi connectivity index (χ3v) is 3.51. The van der Waals surface area contributed by atoms with Gasteiger partial charge in [0.05, 0.1) is 6.54 Å². The minimum atomic E-state index is 0.518. The summed E-state index contributed by atoms with van der Waals surface area (Å²) in [5.41, 5.74) is 6.78. The van der Waals surface area contributed by atoms with E-state index in [1.54, 1.807) is 12.1 Å². The van der Waals surface area contributed by atoms with Gasteiger partial charge in [0.2, 0.25) is 11.7 Å². The van der Waals surface area contributed by atoms with Gasteiger partial charge in [-0.3, -0.25) is 4.99 Å². The van der Waals surface area contributed by atoms with Crippen LogP contribution in [-0.2, 0) is 6.42 Å². The third kappa shape index (κ3) is 4.21. The van der Waals surface area contributed by atoms with Gasteiger partial charge in [0.15, 0.2) is 5.96 Å². The molecule has 0 aliphatic rings. The van der Waals surface area contributed by atoms with E-state index in [0.717, 1.165) is 18.7 Å². The summed E-state index contributed by atoms with van der Waals surface area (Å²) >= 11 is 5.86. The Bertz CT molecular complexity index is 619. The van der Waals surface area contributed by atoms with Gasteiger partial charge in [-0.1, -0.05) is 16.8 Å². The Kier molecular flexibility index (Phi) is 5.77. The van der Waals surface area contributed by atoms with Crippen molar-refractivity contribution in [1.82, 2.24) is 15.0 Å². The molecule has 0 aliphatic carbocycles. The number of aromatic nitrogens is 2. The summed E-state index contributed by atoms with van der Waals surface area (Å²) in [6.07, 6.45) is 0.558. The van der Waals surface area contributed by atoms with Crippen LogP contribution in [0, 0.1) is 0 Å². The van der Waals surface area contributed by atoms with Crippen LogP contribution < -0.4 is 5.73 Å². The van der Waals surface area contributed by atoms with Crippen molar-refractivity contribution in [2.75, 3.05) is 19.6 Å². The van der Waals surface area contributed by atoms with Gasteiger partial charge in [0, 0.05) is 30.1 Å². The van der Waals surface area contributed by atoms with Crippen LogP contribution in [0.3, 0.4) is 0 Å². The molecule has 0 unspecified atom stereocenters. The van der Waals surface area contributed by atoms with Crippen LogP contribution >= 0.6 is 11.6 Å². The van der Waals surface area contributed by atoms with E-state index in [9.17, 15) is 0 Å². The lowest BCUT2D eigenvalue weighted by atomic mass is 10.2. The number of aliphatic imine (C=N–C) groups is 1. The summed E-state index contributed by atoms with van der Waals surface area (Å²) in [6, 6.07) is 7.30. The van der Waals surface area contributed by atoms with Gasteiger partial charge in [-0.25, -0.2) is 0 Å².